The highest BCUT2D eigenvalue weighted by molar-refractivity contribution is 5.63. The van der Waals surface area contributed by atoms with Crippen molar-refractivity contribution in [2.75, 3.05) is 0 Å². The molecule has 3 aliphatic rings. The second kappa shape index (κ2) is 1.66. The molecule has 4 unspecified atom stereocenters. The molecule has 0 radical (unpaired) electrons. The van der Waals surface area contributed by atoms with E-state index in [0.717, 1.165) is 5.57 Å². The first-order chi connectivity index (χ1) is 6.58. The number of allylic oxidation sites excluding steroid dienone is 4. The Hall–Kier alpha value is -1.54. The van der Waals surface area contributed by atoms with Crippen LogP contribution in [0.15, 0.2) is 23.8 Å². The summed E-state index contributed by atoms with van der Waals surface area (Å²) in [5, 5.41) is 18.4. The average molecular weight is 182 g/mol. The number of fused-ring (bicyclic) bond motifs is 1. The van der Waals surface area contributed by atoms with Crippen molar-refractivity contribution >= 4 is 0 Å². The summed E-state index contributed by atoms with van der Waals surface area (Å²) in [5.41, 5.74) is 0.143. The standard InChI is InChI=1S/C12H10N2/c1-10-4-3-8-5-9(6-13)11(10,2)12(8,10)7-14/h3-5,8H,1-2H3. The molecule has 3 rings (SSSR count). The van der Waals surface area contributed by atoms with Crippen molar-refractivity contribution in [3.8, 4) is 12.1 Å². The third kappa shape index (κ3) is 0.368. The lowest BCUT2D eigenvalue weighted by molar-refractivity contribution is 0.481. The van der Waals surface area contributed by atoms with E-state index >= 15 is 0 Å². The molecular weight excluding hydrogens is 172 g/mol. The second-order valence-electron chi connectivity index (χ2n) is 4.82. The van der Waals surface area contributed by atoms with Crippen LogP contribution in [0.25, 0.3) is 0 Å². The molecule has 3 aliphatic carbocycles. The normalized spacial score (nSPS) is 56.0. The van der Waals surface area contributed by atoms with Crippen molar-refractivity contribution in [3.63, 3.8) is 0 Å². The first-order valence-electron chi connectivity index (χ1n) is 4.81. The fourth-order valence-corrected chi connectivity index (χ4v) is 3.86. The zero-order chi connectivity index (χ0) is 10.2. The molecule has 0 spiro atoms. The van der Waals surface area contributed by atoms with Gasteiger partial charge >= 0.3 is 0 Å². The first kappa shape index (κ1) is 7.83. The summed E-state index contributed by atoms with van der Waals surface area (Å²) in [7, 11) is 0. The highest BCUT2D eigenvalue weighted by atomic mass is 14.9. The Kier molecular flexibility index (Phi) is 0.930. The Labute approximate surface area is 83.1 Å². The molecule has 0 aromatic heterocycles. The van der Waals surface area contributed by atoms with Gasteiger partial charge in [0, 0.05) is 22.3 Å². The van der Waals surface area contributed by atoms with E-state index in [0.29, 0.717) is 0 Å². The molecular formula is C12H10N2. The number of nitriles is 2. The number of hydrogen-bond acceptors (Lipinski definition) is 2. The molecule has 14 heavy (non-hydrogen) atoms. The Bertz CT molecular complexity index is 487. The monoisotopic (exact) mass is 182 g/mol. The van der Waals surface area contributed by atoms with E-state index in [9.17, 15) is 5.26 Å². The summed E-state index contributed by atoms with van der Waals surface area (Å²) in [6, 6.07) is 4.71. The van der Waals surface area contributed by atoms with Gasteiger partial charge in [-0.2, -0.15) is 10.5 Å². The van der Waals surface area contributed by atoms with Gasteiger partial charge in [-0.05, 0) is 0 Å². The molecule has 0 bridgehead atoms. The molecule has 4 atom stereocenters. The van der Waals surface area contributed by atoms with Gasteiger partial charge in [-0.3, -0.25) is 0 Å². The van der Waals surface area contributed by atoms with Gasteiger partial charge in [0.05, 0.1) is 17.6 Å². The van der Waals surface area contributed by atoms with E-state index in [1.807, 2.05) is 6.08 Å². The Morgan fingerprint density at radius 2 is 2.07 bits per heavy atom. The van der Waals surface area contributed by atoms with E-state index < -0.39 is 0 Å². The zero-order valence-corrected chi connectivity index (χ0v) is 8.20. The van der Waals surface area contributed by atoms with E-state index in [-0.39, 0.29) is 22.2 Å². The lowest BCUT2D eigenvalue weighted by Crippen LogP contribution is -2.11. The summed E-state index contributed by atoms with van der Waals surface area (Å²) in [6.45, 7) is 4.14. The van der Waals surface area contributed by atoms with Crippen LogP contribution in [0.2, 0.25) is 0 Å². The fourth-order valence-electron chi connectivity index (χ4n) is 3.86. The van der Waals surface area contributed by atoms with Gasteiger partial charge in [-0.25, -0.2) is 0 Å². The number of hydrogen-bond donors (Lipinski definition) is 0. The maximum Gasteiger partial charge on any atom is 0.0950 e. The lowest BCUT2D eigenvalue weighted by Gasteiger charge is -2.10. The molecule has 2 heteroatoms. The van der Waals surface area contributed by atoms with Crippen LogP contribution in [0.1, 0.15) is 13.8 Å². The molecule has 0 aromatic carbocycles. The molecule has 0 N–H and O–H groups in total. The van der Waals surface area contributed by atoms with Crippen LogP contribution in [-0.4, -0.2) is 0 Å². The number of rotatable bonds is 0. The van der Waals surface area contributed by atoms with Gasteiger partial charge in [0.1, 0.15) is 0 Å². The van der Waals surface area contributed by atoms with E-state index in [1.54, 1.807) is 0 Å². The topological polar surface area (TPSA) is 47.6 Å². The molecule has 68 valence electrons. The lowest BCUT2D eigenvalue weighted by atomic mass is 9.89. The van der Waals surface area contributed by atoms with Crippen molar-refractivity contribution in [1.29, 1.82) is 10.5 Å². The highest BCUT2D eigenvalue weighted by Gasteiger charge is 2.89. The van der Waals surface area contributed by atoms with Gasteiger partial charge in [0.25, 0.3) is 0 Å². The zero-order valence-electron chi connectivity index (χ0n) is 8.20. The summed E-state index contributed by atoms with van der Waals surface area (Å²) >= 11 is 0. The third-order valence-corrected chi connectivity index (χ3v) is 4.90. The van der Waals surface area contributed by atoms with E-state index in [4.69, 9.17) is 5.26 Å². The Balaban J connectivity index is 2.31. The molecule has 1 saturated carbocycles. The van der Waals surface area contributed by atoms with Crippen molar-refractivity contribution in [2.24, 2.45) is 22.2 Å². The third-order valence-electron chi connectivity index (χ3n) is 4.90. The van der Waals surface area contributed by atoms with E-state index in [1.165, 1.54) is 0 Å². The van der Waals surface area contributed by atoms with Crippen LogP contribution in [-0.2, 0) is 0 Å². The van der Waals surface area contributed by atoms with E-state index in [2.05, 4.69) is 38.1 Å². The predicted octanol–water partition coefficient (Wildman–Crippen LogP) is 2.17. The quantitative estimate of drug-likeness (QED) is 0.539. The Morgan fingerprint density at radius 3 is 2.50 bits per heavy atom. The first-order valence-corrected chi connectivity index (χ1v) is 4.81. The Morgan fingerprint density at radius 1 is 1.36 bits per heavy atom. The minimum absolute atomic E-state index is 0.0980. The van der Waals surface area contributed by atoms with Crippen molar-refractivity contribution in [3.05, 3.63) is 23.8 Å². The van der Waals surface area contributed by atoms with Crippen molar-refractivity contribution in [1.82, 2.24) is 0 Å². The molecule has 0 amide bonds. The maximum atomic E-state index is 9.36. The molecule has 0 aromatic rings. The predicted molar refractivity (Wildman–Crippen MR) is 50.6 cm³/mol. The average Bonchev–Trinajstić information content (AvgIpc) is 2.44. The van der Waals surface area contributed by atoms with Crippen LogP contribution in [0.5, 0.6) is 0 Å². The van der Waals surface area contributed by atoms with Crippen molar-refractivity contribution in [2.45, 2.75) is 13.8 Å². The van der Waals surface area contributed by atoms with Crippen LogP contribution >= 0.6 is 0 Å². The summed E-state index contributed by atoms with van der Waals surface area (Å²) in [4.78, 5) is 0. The second-order valence-corrected chi connectivity index (χ2v) is 4.82. The molecule has 0 heterocycles. The molecule has 0 aliphatic heterocycles. The van der Waals surface area contributed by atoms with Crippen LogP contribution < -0.4 is 0 Å². The molecule has 1 fully saturated rings. The minimum Gasteiger partial charge on any atom is -0.198 e. The highest BCUT2D eigenvalue weighted by Crippen LogP contribution is 2.89. The number of nitrogens with zero attached hydrogens (tertiary/aromatic N) is 2. The smallest absolute Gasteiger partial charge is 0.0950 e. The van der Waals surface area contributed by atoms with Crippen molar-refractivity contribution < 1.29 is 0 Å². The SMILES string of the molecule is CC12C=CC3C=C(C#N)C1(C)C32C#N. The summed E-state index contributed by atoms with van der Waals surface area (Å²) in [5.74, 6) is 0.164. The summed E-state index contributed by atoms with van der Waals surface area (Å²) < 4.78 is 0. The maximum absolute atomic E-state index is 9.36. The fraction of sp³-hybridized carbons (Fsp3) is 0.500. The largest absolute Gasteiger partial charge is 0.198 e. The summed E-state index contributed by atoms with van der Waals surface area (Å²) in [6.07, 6.45) is 6.17. The molecule has 0 saturated heterocycles. The molecule has 2 nitrogen and oxygen atoms in total. The minimum atomic E-state index is -0.342. The van der Waals surface area contributed by atoms with Gasteiger partial charge < -0.3 is 0 Å². The van der Waals surface area contributed by atoms with Gasteiger partial charge in [-0.1, -0.05) is 32.1 Å². The van der Waals surface area contributed by atoms with Gasteiger partial charge in [0.15, 0.2) is 0 Å². The van der Waals surface area contributed by atoms with Gasteiger partial charge in [0.2, 0.25) is 0 Å². The van der Waals surface area contributed by atoms with Crippen LogP contribution in [0.3, 0.4) is 0 Å². The van der Waals surface area contributed by atoms with Gasteiger partial charge in [-0.15, -0.1) is 0 Å². The van der Waals surface area contributed by atoms with Crippen LogP contribution in [0, 0.1) is 44.8 Å². The van der Waals surface area contributed by atoms with Crippen LogP contribution in [0.4, 0.5) is 0 Å².